The number of ether oxygens (including phenoxy) is 1. The number of aryl methyl sites for hydroxylation is 1. The van der Waals surface area contributed by atoms with E-state index in [9.17, 15) is 14.4 Å². The molecule has 1 heterocycles. The van der Waals surface area contributed by atoms with Crippen LogP contribution >= 0.6 is 0 Å². The Labute approximate surface area is 120 Å². The van der Waals surface area contributed by atoms with Gasteiger partial charge in [-0.05, 0) is 30.7 Å². The van der Waals surface area contributed by atoms with Gasteiger partial charge in [0.05, 0.1) is 5.56 Å². The molecule has 6 heteroatoms. The number of esters is 1. The Kier molecular flexibility index (Phi) is 4.18. The Balaban J connectivity index is 2.13. The van der Waals surface area contributed by atoms with Gasteiger partial charge in [-0.15, -0.1) is 0 Å². The molecule has 0 saturated carbocycles. The van der Waals surface area contributed by atoms with Crippen molar-refractivity contribution in [3.8, 4) is 0 Å². The van der Waals surface area contributed by atoms with Crippen molar-refractivity contribution in [2.45, 2.75) is 13.7 Å². The van der Waals surface area contributed by atoms with Crippen LogP contribution in [-0.2, 0) is 16.3 Å². The number of aromatic nitrogens is 1. The lowest BCUT2D eigenvalue weighted by atomic mass is 10.2. The molecule has 0 radical (unpaired) electrons. The quantitative estimate of drug-likeness (QED) is 0.515. The van der Waals surface area contributed by atoms with Crippen LogP contribution in [0, 0.1) is 6.92 Å². The summed E-state index contributed by atoms with van der Waals surface area (Å²) < 4.78 is 6.38. The zero-order valence-corrected chi connectivity index (χ0v) is 11.3. The summed E-state index contributed by atoms with van der Waals surface area (Å²) in [6, 6.07) is 9.98. The summed E-state index contributed by atoms with van der Waals surface area (Å²) in [5.41, 5.74) is 0.897. The van der Waals surface area contributed by atoms with Crippen molar-refractivity contribution in [3.05, 3.63) is 59.4 Å². The van der Waals surface area contributed by atoms with Gasteiger partial charge in [-0.1, -0.05) is 18.2 Å². The smallest absolute Gasteiger partial charge is 0.378 e. The number of carboxylic acid groups (broad SMARTS) is 1. The highest BCUT2D eigenvalue weighted by Crippen LogP contribution is 2.12. The zero-order chi connectivity index (χ0) is 15.4. The Morgan fingerprint density at radius 3 is 2.43 bits per heavy atom. The molecule has 2 rings (SSSR count). The summed E-state index contributed by atoms with van der Waals surface area (Å²) >= 11 is 0. The highest BCUT2D eigenvalue weighted by atomic mass is 16.5. The number of rotatable bonds is 5. The molecule has 108 valence electrons. The van der Waals surface area contributed by atoms with E-state index < -0.39 is 17.7 Å². The molecule has 0 saturated heterocycles. The standard InChI is InChI=1S/C15H13NO5/c1-10-7-8-16(12(10)13(17)14(18)19)9-21-15(20)11-5-3-2-4-6-11/h2-8H,9H2,1H3,(H,18,19). The molecule has 0 spiro atoms. The molecule has 2 aromatic rings. The highest BCUT2D eigenvalue weighted by molar-refractivity contribution is 6.39. The number of carbonyl (C=O) groups excluding carboxylic acids is 2. The molecule has 0 aliphatic rings. The second kappa shape index (κ2) is 6.04. The number of hydrogen-bond donors (Lipinski definition) is 1. The summed E-state index contributed by atoms with van der Waals surface area (Å²) in [4.78, 5) is 34.2. The first kappa shape index (κ1) is 14.5. The molecule has 0 fully saturated rings. The molecule has 0 aliphatic heterocycles. The summed E-state index contributed by atoms with van der Waals surface area (Å²) in [6.07, 6.45) is 1.50. The van der Waals surface area contributed by atoms with E-state index in [4.69, 9.17) is 9.84 Å². The third-order valence-corrected chi connectivity index (χ3v) is 2.92. The average Bonchev–Trinajstić information content (AvgIpc) is 2.85. The maximum atomic E-state index is 11.8. The van der Waals surface area contributed by atoms with Crippen LogP contribution in [0.1, 0.15) is 26.4 Å². The molecular formula is C15H13NO5. The first-order valence-corrected chi connectivity index (χ1v) is 6.16. The Morgan fingerprint density at radius 1 is 1.14 bits per heavy atom. The van der Waals surface area contributed by atoms with Crippen molar-refractivity contribution < 1.29 is 24.2 Å². The molecule has 1 aromatic carbocycles. The molecular weight excluding hydrogens is 274 g/mol. The third kappa shape index (κ3) is 3.17. The van der Waals surface area contributed by atoms with Gasteiger partial charge >= 0.3 is 11.9 Å². The SMILES string of the molecule is Cc1ccn(COC(=O)c2ccccc2)c1C(=O)C(=O)O. The number of aliphatic carboxylic acids is 1. The lowest BCUT2D eigenvalue weighted by Gasteiger charge is -2.09. The lowest BCUT2D eigenvalue weighted by molar-refractivity contribution is -0.131. The van der Waals surface area contributed by atoms with Gasteiger partial charge in [0.15, 0.2) is 6.73 Å². The molecule has 0 amide bonds. The second-order valence-corrected chi connectivity index (χ2v) is 4.38. The maximum absolute atomic E-state index is 11.8. The van der Waals surface area contributed by atoms with Gasteiger partial charge in [-0.2, -0.15) is 0 Å². The lowest BCUT2D eigenvalue weighted by Crippen LogP contribution is -2.20. The van der Waals surface area contributed by atoms with Gasteiger partial charge < -0.3 is 14.4 Å². The van der Waals surface area contributed by atoms with E-state index in [-0.39, 0.29) is 12.4 Å². The van der Waals surface area contributed by atoms with Crippen molar-refractivity contribution in [2.24, 2.45) is 0 Å². The van der Waals surface area contributed by atoms with Gasteiger partial charge in [0, 0.05) is 6.20 Å². The van der Waals surface area contributed by atoms with Crippen molar-refractivity contribution in [3.63, 3.8) is 0 Å². The van der Waals surface area contributed by atoms with Gasteiger partial charge in [0.2, 0.25) is 0 Å². The van der Waals surface area contributed by atoms with E-state index in [0.717, 1.165) is 0 Å². The molecule has 1 aromatic heterocycles. The Hall–Kier alpha value is -2.89. The highest BCUT2D eigenvalue weighted by Gasteiger charge is 2.21. The van der Waals surface area contributed by atoms with E-state index >= 15 is 0 Å². The van der Waals surface area contributed by atoms with E-state index in [2.05, 4.69) is 0 Å². The molecule has 0 bridgehead atoms. The molecule has 1 N–H and O–H groups in total. The molecule has 0 unspecified atom stereocenters. The second-order valence-electron chi connectivity index (χ2n) is 4.38. The normalized spacial score (nSPS) is 10.1. The van der Waals surface area contributed by atoms with Crippen molar-refractivity contribution in [1.29, 1.82) is 0 Å². The van der Waals surface area contributed by atoms with Crippen LogP contribution in [0.5, 0.6) is 0 Å². The third-order valence-electron chi connectivity index (χ3n) is 2.92. The number of ketones is 1. The minimum Gasteiger partial charge on any atom is -0.475 e. The Bertz CT molecular complexity index is 687. The van der Waals surface area contributed by atoms with Crippen LogP contribution < -0.4 is 0 Å². The first-order chi connectivity index (χ1) is 10.0. The summed E-state index contributed by atoms with van der Waals surface area (Å²) in [5.74, 6) is -3.13. The fourth-order valence-corrected chi connectivity index (χ4v) is 1.89. The number of carboxylic acids is 1. The average molecular weight is 287 g/mol. The molecule has 6 nitrogen and oxygen atoms in total. The number of Topliss-reactive ketones (excluding diaryl/α,β-unsaturated/α-hetero) is 1. The summed E-state index contributed by atoms with van der Waals surface area (Å²) in [6.45, 7) is 1.39. The van der Waals surface area contributed by atoms with Gasteiger partial charge in [0.1, 0.15) is 5.69 Å². The summed E-state index contributed by atoms with van der Waals surface area (Å²) in [5, 5.41) is 8.79. The van der Waals surface area contributed by atoms with Crippen LogP contribution in [-0.4, -0.2) is 27.4 Å². The van der Waals surface area contributed by atoms with Crippen LogP contribution in [0.3, 0.4) is 0 Å². The van der Waals surface area contributed by atoms with E-state index in [0.29, 0.717) is 11.1 Å². The topological polar surface area (TPSA) is 85.6 Å². The minimum absolute atomic E-state index is 0.00311. The van der Waals surface area contributed by atoms with E-state index in [1.54, 1.807) is 43.3 Å². The predicted molar refractivity (Wildman–Crippen MR) is 73.0 cm³/mol. The largest absolute Gasteiger partial charge is 0.475 e. The fourth-order valence-electron chi connectivity index (χ4n) is 1.89. The van der Waals surface area contributed by atoms with Crippen molar-refractivity contribution in [1.82, 2.24) is 4.57 Å². The molecule has 21 heavy (non-hydrogen) atoms. The minimum atomic E-state index is -1.55. The van der Waals surface area contributed by atoms with Gasteiger partial charge in [0.25, 0.3) is 5.78 Å². The maximum Gasteiger partial charge on any atom is 0.378 e. The first-order valence-electron chi connectivity index (χ1n) is 6.16. The van der Waals surface area contributed by atoms with Crippen molar-refractivity contribution in [2.75, 3.05) is 0 Å². The predicted octanol–water partition coefficient (Wildman–Crippen LogP) is 1.88. The van der Waals surface area contributed by atoms with E-state index in [1.165, 1.54) is 10.8 Å². The van der Waals surface area contributed by atoms with Crippen LogP contribution in [0.2, 0.25) is 0 Å². The van der Waals surface area contributed by atoms with Crippen LogP contribution in [0.25, 0.3) is 0 Å². The van der Waals surface area contributed by atoms with Gasteiger partial charge in [-0.3, -0.25) is 4.79 Å². The summed E-state index contributed by atoms with van der Waals surface area (Å²) in [7, 11) is 0. The number of nitrogens with zero attached hydrogens (tertiary/aromatic N) is 1. The number of carbonyl (C=O) groups is 3. The zero-order valence-electron chi connectivity index (χ0n) is 11.3. The fraction of sp³-hybridized carbons (Fsp3) is 0.133. The molecule has 0 aliphatic carbocycles. The monoisotopic (exact) mass is 287 g/mol. The van der Waals surface area contributed by atoms with Gasteiger partial charge in [-0.25, -0.2) is 9.59 Å². The van der Waals surface area contributed by atoms with E-state index in [1.807, 2.05) is 0 Å². The van der Waals surface area contributed by atoms with Crippen molar-refractivity contribution >= 4 is 17.7 Å². The molecule has 0 atom stereocenters. The van der Waals surface area contributed by atoms with Crippen LogP contribution in [0.4, 0.5) is 0 Å². The number of hydrogen-bond acceptors (Lipinski definition) is 4. The Morgan fingerprint density at radius 2 is 1.81 bits per heavy atom. The van der Waals surface area contributed by atoms with Crippen LogP contribution in [0.15, 0.2) is 42.6 Å². The number of benzene rings is 1.